The molecule has 0 atom stereocenters. The van der Waals surface area contributed by atoms with Crippen molar-refractivity contribution in [2.75, 3.05) is 0 Å². The van der Waals surface area contributed by atoms with Gasteiger partial charge in [0, 0.05) is 0 Å². The van der Waals surface area contributed by atoms with Crippen LogP contribution in [0.3, 0.4) is 0 Å². The molecule has 0 aromatic rings. The summed E-state index contributed by atoms with van der Waals surface area (Å²) in [5.41, 5.74) is 0. The molecule has 0 aliphatic carbocycles. The van der Waals surface area contributed by atoms with Crippen molar-refractivity contribution in [2.24, 2.45) is 0 Å². The van der Waals surface area contributed by atoms with E-state index in [1.165, 1.54) is 0 Å². The Bertz CT molecular complexity index is 19.1. The van der Waals surface area contributed by atoms with Crippen LogP contribution >= 0.6 is 23.5 Å². The molecular weight excluding hydrogens is 292 g/mol. The van der Waals surface area contributed by atoms with E-state index in [0.717, 1.165) is 0 Å². The number of hydrogen-bond acceptors (Lipinski definition) is 0. The zero-order chi connectivity index (χ0) is 4.50. The van der Waals surface area contributed by atoms with Crippen LogP contribution in [0.5, 0.6) is 0 Å². The molecule has 0 rings (SSSR count). The molecule has 0 heterocycles. The zero-order valence-electron chi connectivity index (χ0n) is 1.92. The molecule has 0 nitrogen and oxygen atoms in total. The van der Waals surface area contributed by atoms with E-state index in [1.807, 2.05) is 0 Å². The molecule has 0 saturated carbocycles. The van der Waals surface area contributed by atoms with E-state index in [9.17, 15) is 0 Å². The Labute approximate surface area is 48.1 Å². The van der Waals surface area contributed by atoms with Crippen LogP contribution in [0.25, 0.3) is 0 Å². The summed E-state index contributed by atoms with van der Waals surface area (Å²) in [6.07, 6.45) is 0. The van der Waals surface area contributed by atoms with Crippen molar-refractivity contribution in [3.05, 3.63) is 0 Å². The summed E-state index contributed by atoms with van der Waals surface area (Å²) in [5, 5.41) is 0. The summed E-state index contributed by atoms with van der Waals surface area (Å²) in [5.74, 6) is 20.1. The van der Waals surface area contributed by atoms with Crippen molar-refractivity contribution in [3.63, 3.8) is 0 Å². The summed E-state index contributed by atoms with van der Waals surface area (Å²) < 4.78 is 0. The molecule has 0 aromatic carbocycles. The normalized spacial score (nSPS) is 15.2. The van der Waals surface area contributed by atoms with Gasteiger partial charge < -0.3 is 0 Å². The van der Waals surface area contributed by atoms with Gasteiger partial charge in [0.15, 0.2) is 0 Å². The fourth-order valence-corrected chi connectivity index (χ4v) is 0. The molecule has 0 aromatic heterocycles. The first-order chi connectivity index (χ1) is 2.00. The molecule has 0 fully saturated rings. The van der Waals surface area contributed by atoms with Crippen molar-refractivity contribution in [2.45, 2.75) is 0 Å². The maximum atomic E-state index is 5.03. The Hall–Kier alpha value is 2.50. The fraction of sp³-hybridized carbons (Fsp3) is 0. The summed E-state index contributed by atoms with van der Waals surface area (Å²) in [6.45, 7) is 0. The van der Waals surface area contributed by atoms with Crippen molar-refractivity contribution >= 4 is 23.5 Å². The van der Waals surface area contributed by atoms with E-state index in [2.05, 4.69) is 0 Å². The molecular formula is Cl4Sm. The van der Waals surface area contributed by atoms with Gasteiger partial charge in [0.05, 0.1) is 0 Å². The number of halogens is 4. The second kappa shape index (κ2) is 2.72. The van der Waals surface area contributed by atoms with Crippen molar-refractivity contribution in [1.82, 2.24) is 0 Å². The zero-order valence-corrected chi connectivity index (χ0v) is 7.56. The molecule has 0 aliphatic rings. The van der Waals surface area contributed by atoms with Crippen LogP contribution in [-0.2, 0) is 0 Å². The van der Waals surface area contributed by atoms with Gasteiger partial charge in [0.2, 0.25) is 0 Å². The molecule has 0 spiro atoms. The topological polar surface area (TPSA) is 0 Å². The molecule has 0 aliphatic heterocycles. The molecule has 0 radical (unpaired) electrons. The third kappa shape index (κ3) is 21.1. The third-order valence-corrected chi connectivity index (χ3v) is 0. The average Bonchev–Trinajstić information content (AvgIpc) is 0.722. The number of rotatable bonds is 0. The monoisotopic (exact) mass is 292 g/mol. The SMILES string of the molecule is [Cl][Sm]([Cl])([Cl])[Cl]. The van der Waals surface area contributed by atoms with Gasteiger partial charge in [-0.1, -0.05) is 0 Å². The summed E-state index contributed by atoms with van der Waals surface area (Å²) in [6, 6.07) is 0. The van der Waals surface area contributed by atoms with Crippen molar-refractivity contribution < 1.29 is 25.9 Å². The average molecular weight is 292 g/mol. The van der Waals surface area contributed by atoms with Crippen LogP contribution in [0.1, 0.15) is 0 Å². The molecule has 0 unspecified atom stereocenters. The maximum absolute atomic E-state index is 5.03. The second-order valence-corrected chi connectivity index (χ2v) is 23.4. The molecule has 5 heteroatoms. The van der Waals surface area contributed by atoms with Gasteiger partial charge in [-0.3, -0.25) is 0 Å². The van der Waals surface area contributed by atoms with Gasteiger partial charge in [0.25, 0.3) is 0 Å². The molecule has 0 N–H and O–H groups in total. The summed E-state index contributed by atoms with van der Waals surface area (Å²) in [4.78, 5) is 0. The minimum absolute atomic E-state index is 3.28. The van der Waals surface area contributed by atoms with E-state index < -0.39 is 25.9 Å². The van der Waals surface area contributed by atoms with Crippen LogP contribution in [0, 0.1) is 25.9 Å². The second-order valence-electron chi connectivity index (χ2n) is 0.350. The van der Waals surface area contributed by atoms with Gasteiger partial charge in [0.1, 0.15) is 0 Å². The van der Waals surface area contributed by atoms with Crippen LogP contribution in [-0.4, -0.2) is 0 Å². The van der Waals surface area contributed by atoms with E-state index in [0.29, 0.717) is 0 Å². The van der Waals surface area contributed by atoms with Crippen molar-refractivity contribution in [1.29, 1.82) is 0 Å². The van der Waals surface area contributed by atoms with E-state index >= 15 is 0 Å². The Kier molecular flexibility index (Phi) is 4.08. The van der Waals surface area contributed by atoms with Crippen LogP contribution < -0.4 is 0 Å². The van der Waals surface area contributed by atoms with Crippen LogP contribution in [0.2, 0.25) is 0 Å². The van der Waals surface area contributed by atoms with Gasteiger partial charge in [-0.25, -0.2) is 0 Å². The van der Waals surface area contributed by atoms with Gasteiger partial charge in [-0.15, -0.1) is 0 Å². The quantitative estimate of drug-likeness (QED) is 0.644. The molecule has 0 bridgehead atoms. The van der Waals surface area contributed by atoms with E-state index in [1.54, 1.807) is 0 Å². The predicted molar refractivity (Wildman–Crippen MR) is 23.4 cm³/mol. The third-order valence-electron chi connectivity index (χ3n) is 0. The first-order valence-corrected chi connectivity index (χ1v) is 13.7. The first kappa shape index (κ1) is 7.50. The van der Waals surface area contributed by atoms with Crippen molar-refractivity contribution in [3.8, 4) is 0 Å². The van der Waals surface area contributed by atoms with Gasteiger partial charge in [-0.2, -0.15) is 0 Å². The minimum atomic E-state index is -3.28. The molecule has 0 amide bonds. The van der Waals surface area contributed by atoms with Gasteiger partial charge in [-0.05, 0) is 0 Å². The Morgan fingerprint density at radius 2 is 0.800 bits per heavy atom. The summed E-state index contributed by atoms with van der Waals surface area (Å²) >= 11 is -3.28. The van der Waals surface area contributed by atoms with Gasteiger partial charge >= 0.3 is 49.5 Å². The molecule has 5 heavy (non-hydrogen) atoms. The predicted octanol–water partition coefficient (Wildman–Crippen LogP) is 2.76. The van der Waals surface area contributed by atoms with Crippen LogP contribution in [0.15, 0.2) is 0 Å². The Balaban J connectivity index is 3.02. The molecule has 34 valence electrons. The number of hydrogen-bond donors (Lipinski definition) is 0. The standard InChI is InChI=1S/4ClH.Sm/h4*1H;/q;;;;+4/p-4. The van der Waals surface area contributed by atoms with E-state index in [4.69, 9.17) is 23.5 Å². The molecule has 0 saturated heterocycles. The Morgan fingerprint density at radius 3 is 0.800 bits per heavy atom. The van der Waals surface area contributed by atoms with Crippen LogP contribution in [0.4, 0.5) is 0 Å². The fourth-order valence-electron chi connectivity index (χ4n) is 0. The first-order valence-electron chi connectivity index (χ1n) is 0.617. The Morgan fingerprint density at radius 1 is 0.800 bits per heavy atom. The van der Waals surface area contributed by atoms with E-state index in [-0.39, 0.29) is 0 Å². The summed E-state index contributed by atoms with van der Waals surface area (Å²) in [7, 11) is 0.